The quantitative estimate of drug-likeness (QED) is 0.141. The summed E-state index contributed by atoms with van der Waals surface area (Å²) < 4.78 is 31.6. The first-order valence-corrected chi connectivity index (χ1v) is 10.1. The van der Waals surface area contributed by atoms with Crippen molar-refractivity contribution in [2.45, 2.75) is 19.3 Å². The van der Waals surface area contributed by atoms with Crippen LogP contribution in [0.15, 0.2) is 0 Å². The van der Waals surface area contributed by atoms with Crippen molar-refractivity contribution in [2.75, 3.05) is 79.3 Å². The van der Waals surface area contributed by atoms with Crippen molar-refractivity contribution < 1.29 is 47.6 Å². The molecule has 1 aliphatic rings. The van der Waals surface area contributed by atoms with E-state index in [0.717, 1.165) is 0 Å². The van der Waals surface area contributed by atoms with E-state index in [1.54, 1.807) is 0 Å². The van der Waals surface area contributed by atoms with Crippen molar-refractivity contribution >= 4 is 17.8 Å². The molecular formula is C20H31NO10. The first-order valence-electron chi connectivity index (χ1n) is 10.1. The lowest BCUT2D eigenvalue weighted by atomic mass is 10.4. The zero-order chi connectivity index (χ0) is 22.6. The molecule has 0 N–H and O–H groups in total. The Balaban J connectivity index is 1.75. The second-order valence-electron chi connectivity index (χ2n) is 6.11. The van der Waals surface area contributed by atoms with Crippen LogP contribution in [-0.2, 0) is 47.6 Å². The largest absolute Gasteiger partial charge is 0.378 e. The van der Waals surface area contributed by atoms with Crippen molar-refractivity contribution in [1.29, 1.82) is 0 Å². The van der Waals surface area contributed by atoms with E-state index >= 15 is 0 Å². The highest BCUT2D eigenvalue weighted by molar-refractivity contribution is 6.01. The first kappa shape index (κ1) is 27.0. The summed E-state index contributed by atoms with van der Waals surface area (Å²) >= 11 is 0. The number of ether oxygens (including phenoxy) is 6. The van der Waals surface area contributed by atoms with Gasteiger partial charge in [-0.2, -0.15) is 0 Å². The molecule has 1 saturated heterocycles. The lowest BCUT2D eigenvalue weighted by molar-refractivity contribution is -0.198. The molecule has 1 fully saturated rings. The van der Waals surface area contributed by atoms with E-state index in [-0.39, 0.29) is 32.5 Å². The van der Waals surface area contributed by atoms with Gasteiger partial charge in [-0.25, -0.2) is 4.79 Å². The van der Waals surface area contributed by atoms with E-state index < -0.39 is 17.8 Å². The fourth-order valence-electron chi connectivity index (χ4n) is 2.19. The Morgan fingerprint density at radius 1 is 0.710 bits per heavy atom. The van der Waals surface area contributed by atoms with Crippen LogP contribution in [0.4, 0.5) is 0 Å². The van der Waals surface area contributed by atoms with Crippen LogP contribution in [0, 0.1) is 12.3 Å². The van der Waals surface area contributed by atoms with Gasteiger partial charge in [0.05, 0.1) is 79.1 Å². The third kappa shape index (κ3) is 14.5. The lowest BCUT2D eigenvalue weighted by Gasteiger charge is -2.12. The minimum atomic E-state index is -0.694. The third-order valence-electron chi connectivity index (χ3n) is 3.69. The number of terminal acetylenes is 1. The third-order valence-corrected chi connectivity index (χ3v) is 3.69. The number of rotatable bonds is 20. The van der Waals surface area contributed by atoms with Gasteiger partial charge in [-0.05, 0) is 0 Å². The Kier molecular flexibility index (Phi) is 16.2. The average Bonchev–Trinajstić information content (AvgIpc) is 3.07. The van der Waals surface area contributed by atoms with Gasteiger partial charge in [-0.1, -0.05) is 5.92 Å². The van der Waals surface area contributed by atoms with Crippen LogP contribution in [0.3, 0.4) is 0 Å². The van der Waals surface area contributed by atoms with Crippen molar-refractivity contribution in [2.24, 2.45) is 0 Å². The molecule has 0 radical (unpaired) electrons. The van der Waals surface area contributed by atoms with Gasteiger partial charge in [0.25, 0.3) is 11.8 Å². The normalized spacial score (nSPS) is 13.6. The molecule has 0 aromatic carbocycles. The van der Waals surface area contributed by atoms with E-state index in [9.17, 15) is 14.4 Å². The molecule has 1 heterocycles. The summed E-state index contributed by atoms with van der Waals surface area (Å²) in [4.78, 5) is 38.9. The number of imide groups is 1. The van der Waals surface area contributed by atoms with Crippen LogP contribution in [0.5, 0.6) is 0 Å². The van der Waals surface area contributed by atoms with Crippen LogP contribution in [0.1, 0.15) is 19.3 Å². The molecule has 0 saturated carbocycles. The SMILES string of the molecule is C#CCOCCOCCOCCOCCOCCOCCC(=O)ON1C(=O)CCC1=O. The minimum absolute atomic E-state index is 0.0647. The predicted octanol–water partition coefficient (Wildman–Crippen LogP) is -0.283. The molecule has 31 heavy (non-hydrogen) atoms. The summed E-state index contributed by atoms with van der Waals surface area (Å²) in [6, 6.07) is 0. The highest BCUT2D eigenvalue weighted by Gasteiger charge is 2.32. The van der Waals surface area contributed by atoms with Crippen molar-refractivity contribution in [1.82, 2.24) is 5.06 Å². The Morgan fingerprint density at radius 2 is 1.10 bits per heavy atom. The second kappa shape index (κ2) is 18.7. The summed E-state index contributed by atoms with van der Waals surface area (Å²) in [6.45, 7) is 4.69. The summed E-state index contributed by atoms with van der Waals surface area (Å²) in [5.41, 5.74) is 0. The lowest BCUT2D eigenvalue weighted by Crippen LogP contribution is -2.32. The molecule has 2 amide bonds. The van der Waals surface area contributed by atoms with E-state index in [4.69, 9.17) is 39.7 Å². The Hall–Kier alpha value is -2.07. The maximum atomic E-state index is 11.5. The number of carbonyl (C=O) groups is 3. The molecule has 0 aromatic heterocycles. The maximum Gasteiger partial charge on any atom is 0.335 e. The van der Waals surface area contributed by atoms with Gasteiger partial charge >= 0.3 is 5.97 Å². The molecule has 11 nitrogen and oxygen atoms in total. The Labute approximate surface area is 182 Å². The average molecular weight is 445 g/mol. The number of carbonyl (C=O) groups excluding carboxylic acids is 3. The van der Waals surface area contributed by atoms with Gasteiger partial charge in [0.2, 0.25) is 0 Å². The molecule has 0 atom stereocenters. The van der Waals surface area contributed by atoms with Crippen molar-refractivity contribution in [3.05, 3.63) is 0 Å². The topological polar surface area (TPSA) is 119 Å². The Bertz CT molecular complexity index is 547. The van der Waals surface area contributed by atoms with Crippen LogP contribution < -0.4 is 0 Å². The first-order chi connectivity index (χ1) is 15.1. The van der Waals surface area contributed by atoms with Crippen molar-refractivity contribution in [3.8, 4) is 12.3 Å². The highest BCUT2D eigenvalue weighted by Crippen LogP contribution is 2.12. The molecule has 1 rings (SSSR count). The van der Waals surface area contributed by atoms with Gasteiger partial charge in [-0.3, -0.25) is 9.59 Å². The van der Waals surface area contributed by atoms with Gasteiger partial charge in [-0.15, -0.1) is 11.5 Å². The number of nitrogens with zero attached hydrogens (tertiary/aromatic N) is 1. The van der Waals surface area contributed by atoms with Crippen LogP contribution in [0.2, 0.25) is 0 Å². The maximum absolute atomic E-state index is 11.5. The van der Waals surface area contributed by atoms with Gasteiger partial charge < -0.3 is 33.3 Å². The van der Waals surface area contributed by atoms with Gasteiger partial charge in [0, 0.05) is 12.8 Å². The molecule has 176 valence electrons. The molecular weight excluding hydrogens is 414 g/mol. The number of amides is 2. The van der Waals surface area contributed by atoms with Crippen LogP contribution in [-0.4, -0.2) is 102 Å². The molecule has 0 unspecified atom stereocenters. The van der Waals surface area contributed by atoms with Crippen LogP contribution >= 0.6 is 0 Å². The molecule has 0 aromatic rings. The highest BCUT2D eigenvalue weighted by atomic mass is 16.7. The molecule has 1 aliphatic heterocycles. The molecule has 0 bridgehead atoms. The zero-order valence-electron chi connectivity index (χ0n) is 17.7. The summed E-state index contributed by atoms with van der Waals surface area (Å²) in [5.74, 6) is 0.668. The summed E-state index contributed by atoms with van der Waals surface area (Å²) in [5, 5.41) is 0.518. The fourth-order valence-corrected chi connectivity index (χ4v) is 2.19. The van der Waals surface area contributed by atoms with Crippen molar-refractivity contribution in [3.63, 3.8) is 0 Å². The van der Waals surface area contributed by atoms with Gasteiger partial charge in [0.1, 0.15) is 6.61 Å². The zero-order valence-corrected chi connectivity index (χ0v) is 17.7. The fraction of sp³-hybridized carbons (Fsp3) is 0.750. The number of hydrogen-bond acceptors (Lipinski definition) is 10. The predicted molar refractivity (Wildman–Crippen MR) is 106 cm³/mol. The molecule has 11 heteroatoms. The summed E-state index contributed by atoms with van der Waals surface area (Å²) in [6.07, 6.45) is 5.11. The number of hydrogen-bond donors (Lipinski definition) is 0. The number of hydroxylamine groups is 2. The minimum Gasteiger partial charge on any atom is -0.378 e. The summed E-state index contributed by atoms with van der Waals surface area (Å²) in [7, 11) is 0. The molecule has 0 aliphatic carbocycles. The monoisotopic (exact) mass is 445 g/mol. The van der Waals surface area contributed by atoms with E-state index in [1.165, 1.54) is 0 Å². The Morgan fingerprint density at radius 3 is 1.52 bits per heavy atom. The smallest absolute Gasteiger partial charge is 0.335 e. The van der Waals surface area contributed by atoms with E-state index in [0.29, 0.717) is 71.1 Å². The second-order valence-corrected chi connectivity index (χ2v) is 6.11. The van der Waals surface area contributed by atoms with Crippen LogP contribution in [0.25, 0.3) is 0 Å². The molecule has 0 spiro atoms. The van der Waals surface area contributed by atoms with E-state index in [1.807, 2.05) is 0 Å². The standard InChI is InChI=1S/C20H31NO10/c1-2-6-25-8-10-27-12-14-29-16-17-30-15-13-28-11-9-26-7-5-20(24)31-21-18(22)3-4-19(21)23/h1H,3-17H2. The van der Waals surface area contributed by atoms with Gasteiger partial charge in [0.15, 0.2) is 0 Å². The van der Waals surface area contributed by atoms with E-state index in [2.05, 4.69) is 5.92 Å².